The van der Waals surface area contributed by atoms with Crippen molar-refractivity contribution < 1.29 is 9.59 Å². The number of carbonyl (C=O) groups is 2. The van der Waals surface area contributed by atoms with Gasteiger partial charge in [0.1, 0.15) is 0 Å². The second-order valence-electron chi connectivity index (χ2n) is 7.46. The molecule has 1 saturated heterocycles. The van der Waals surface area contributed by atoms with E-state index < -0.39 is 0 Å². The van der Waals surface area contributed by atoms with E-state index in [-0.39, 0.29) is 11.8 Å². The zero-order valence-corrected chi connectivity index (χ0v) is 17.0. The minimum absolute atomic E-state index is 0.102. The van der Waals surface area contributed by atoms with Gasteiger partial charge < -0.3 is 15.1 Å². The highest BCUT2D eigenvalue weighted by atomic mass is 16.2. The lowest BCUT2D eigenvalue weighted by Gasteiger charge is -2.37. The lowest BCUT2D eigenvalue weighted by atomic mass is 10.1. The molecule has 3 rings (SSSR count). The van der Waals surface area contributed by atoms with Crippen LogP contribution in [0, 0.1) is 20.8 Å². The second kappa shape index (κ2) is 8.91. The number of benzene rings is 2. The second-order valence-corrected chi connectivity index (χ2v) is 7.46. The maximum Gasteiger partial charge on any atom is 0.251 e. The molecule has 0 saturated carbocycles. The van der Waals surface area contributed by atoms with Gasteiger partial charge in [-0.3, -0.25) is 9.59 Å². The summed E-state index contributed by atoms with van der Waals surface area (Å²) >= 11 is 0. The number of hydrogen-bond donors (Lipinski definition) is 1. The van der Waals surface area contributed by atoms with Crippen LogP contribution in [-0.4, -0.2) is 49.4 Å². The van der Waals surface area contributed by atoms with Crippen molar-refractivity contribution in [2.75, 3.05) is 37.6 Å². The van der Waals surface area contributed by atoms with Crippen LogP contribution in [-0.2, 0) is 4.79 Å². The third-order valence-electron chi connectivity index (χ3n) is 5.45. The molecule has 2 aromatic rings. The molecular weight excluding hydrogens is 350 g/mol. The molecule has 28 heavy (non-hydrogen) atoms. The van der Waals surface area contributed by atoms with Crippen molar-refractivity contribution in [2.45, 2.75) is 27.2 Å². The molecule has 0 bridgehead atoms. The first-order chi connectivity index (χ1) is 13.5. The van der Waals surface area contributed by atoms with Crippen LogP contribution in [0.25, 0.3) is 0 Å². The van der Waals surface area contributed by atoms with Crippen molar-refractivity contribution in [3.63, 3.8) is 0 Å². The predicted octanol–water partition coefficient (Wildman–Crippen LogP) is 3.08. The van der Waals surface area contributed by atoms with Crippen molar-refractivity contribution in [3.05, 3.63) is 64.7 Å². The van der Waals surface area contributed by atoms with E-state index in [1.807, 2.05) is 30.0 Å². The fourth-order valence-corrected chi connectivity index (χ4v) is 3.60. The van der Waals surface area contributed by atoms with E-state index in [0.29, 0.717) is 18.5 Å². The molecule has 0 aliphatic carbocycles. The Hall–Kier alpha value is -2.82. The first-order valence-electron chi connectivity index (χ1n) is 9.89. The van der Waals surface area contributed by atoms with E-state index in [4.69, 9.17) is 0 Å². The van der Waals surface area contributed by atoms with Crippen LogP contribution in [0.4, 0.5) is 5.69 Å². The molecule has 0 atom stereocenters. The Balaban J connectivity index is 1.45. The summed E-state index contributed by atoms with van der Waals surface area (Å²) in [5, 5.41) is 2.85. The molecule has 1 aliphatic rings. The molecule has 1 heterocycles. The van der Waals surface area contributed by atoms with Gasteiger partial charge >= 0.3 is 0 Å². The third kappa shape index (κ3) is 4.71. The summed E-state index contributed by atoms with van der Waals surface area (Å²) in [6, 6.07) is 13.8. The predicted molar refractivity (Wildman–Crippen MR) is 113 cm³/mol. The maximum atomic E-state index is 12.5. The number of piperazine rings is 1. The first-order valence-corrected chi connectivity index (χ1v) is 9.89. The van der Waals surface area contributed by atoms with Gasteiger partial charge in [-0.15, -0.1) is 0 Å². The van der Waals surface area contributed by atoms with Crippen LogP contribution in [0.2, 0.25) is 0 Å². The molecule has 0 radical (unpaired) electrons. The molecule has 148 valence electrons. The van der Waals surface area contributed by atoms with Gasteiger partial charge in [0.15, 0.2) is 0 Å². The molecule has 1 N–H and O–H groups in total. The van der Waals surface area contributed by atoms with E-state index in [2.05, 4.69) is 42.3 Å². The highest BCUT2D eigenvalue weighted by Gasteiger charge is 2.22. The standard InChI is InChI=1S/C23H29N3O2/c1-17-6-4-8-20(16-17)23(28)24-11-10-22(27)26-14-12-25(13-15-26)21-9-5-7-18(2)19(21)3/h4-9,16H,10-15H2,1-3H3,(H,24,28). The minimum atomic E-state index is -0.128. The minimum Gasteiger partial charge on any atom is -0.368 e. The van der Waals surface area contributed by atoms with Crippen molar-refractivity contribution in [2.24, 2.45) is 0 Å². The van der Waals surface area contributed by atoms with Gasteiger partial charge in [0, 0.05) is 50.4 Å². The van der Waals surface area contributed by atoms with Gasteiger partial charge in [-0.05, 0) is 50.1 Å². The van der Waals surface area contributed by atoms with Crippen LogP contribution in [0.3, 0.4) is 0 Å². The average Bonchev–Trinajstić information content (AvgIpc) is 2.70. The van der Waals surface area contributed by atoms with Crippen LogP contribution in [0.1, 0.15) is 33.5 Å². The summed E-state index contributed by atoms with van der Waals surface area (Å²) in [7, 11) is 0. The largest absolute Gasteiger partial charge is 0.368 e. The number of nitrogens with one attached hydrogen (secondary N) is 1. The summed E-state index contributed by atoms with van der Waals surface area (Å²) in [6.07, 6.45) is 0.334. The molecule has 5 heteroatoms. The lowest BCUT2D eigenvalue weighted by Crippen LogP contribution is -2.49. The van der Waals surface area contributed by atoms with E-state index in [0.717, 1.165) is 31.7 Å². The van der Waals surface area contributed by atoms with Crippen LogP contribution in [0.5, 0.6) is 0 Å². The zero-order valence-electron chi connectivity index (χ0n) is 17.0. The number of aryl methyl sites for hydroxylation is 2. The maximum absolute atomic E-state index is 12.5. The summed E-state index contributed by atoms with van der Waals surface area (Å²) in [4.78, 5) is 28.9. The smallest absolute Gasteiger partial charge is 0.251 e. The SMILES string of the molecule is Cc1cccc(C(=O)NCCC(=O)N2CCN(c3cccc(C)c3C)CC2)c1. The van der Waals surface area contributed by atoms with Crippen molar-refractivity contribution in [3.8, 4) is 0 Å². The number of carbonyl (C=O) groups excluding carboxylic acids is 2. The monoisotopic (exact) mass is 379 g/mol. The van der Waals surface area contributed by atoms with Crippen molar-refractivity contribution in [1.29, 1.82) is 0 Å². The molecule has 2 amide bonds. The Morgan fingerprint density at radius 3 is 2.39 bits per heavy atom. The van der Waals surface area contributed by atoms with Gasteiger partial charge in [-0.1, -0.05) is 29.8 Å². The van der Waals surface area contributed by atoms with E-state index in [1.165, 1.54) is 16.8 Å². The third-order valence-corrected chi connectivity index (χ3v) is 5.45. The van der Waals surface area contributed by atoms with Gasteiger partial charge in [0.05, 0.1) is 0 Å². The molecule has 1 fully saturated rings. The molecular formula is C23H29N3O2. The molecule has 0 unspecified atom stereocenters. The highest BCUT2D eigenvalue weighted by molar-refractivity contribution is 5.94. The molecule has 5 nitrogen and oxygen atoms in total. The van der Waals surface area contributed by atoms with Gasteiger partial charge in [0.25, 0.3) is 5.91 Å². The highest BCUT2D eigenvalue weighted by Crippen LogP contribution is 2.23. The van der Waals surface area contributed by atoms with Crippen LogP contribution < -0.4 is 10.2 Å². The molecule has 0 spiro atoms. The molecule has 2 aromatic carbocycles. The fraction of sp³-hybridized carbons (Fsp3) is 0.391. The quantitative estimate of drug-likeness (QED) is 0.869. The normalized spacial score (nSPS) is 14.1. The van der Waals surface area contributed by atoms with Gasteiger partial charge in [0.2, 0.25) is 5.91 Å². The number of amides is 2. The number of anilines is 1. The molecule has 0 aromatic heterocycles. The topological polar surface area (TPSA) is 52.7 Å². The van der Waals surface area contributed by atoms with Gasteiger partial charge in [-0.2, -0.15) is 0 Å². The van der Waals surface area contributed by atoms with E-state index in [9.17, 15) is 9.59 Å². The van der Waals surface area contributed by atoms with Crippen LogP contribution >= 0.6 is 0 Å². The van der Waals surface area contributed by atoms with Crippen molar-refractivity contribution >= 4 is 17.5 Å². The number of nitrogens with zero attached hydrogens (tertiary/aromatic N) is 2. The number of rotatable bonds is 5. The summed E-state index contributed by atoms with van der Waals surface area (Å²) < 4.78 is 0. The molecule has 1 aliphatic heterocycles. The summed E-state index contributed by atoms with van der Waals surface area (Å²) in [5.74, 6) is -0.0265. The average molecular weight is 380 g/mol. The number of hydrogen-bond acceptors (Lipinski definition) is 3. The fourth-order valence-electron chi connectivity index (χ4n) is 3.60. The Labute approximate surface area is 167 Å². The lowest BCUT2D eigenvalue weighted by molar-refractivity contribution is -0.131. The Morgan fingerprint density at radius 1 is 0.964 bits per heavy atom. The van der Waals surface area contributed by atoms with E-state index >= 15 is 0 Å². The van der Waals surface area contributed by atoms with Gasteiger partial charge in [-0.25, -0.2) is 0 Å². The first kappa shape index (κ1) is 19.9. The van der Waals surface area contributed by atoms with E-state index in [1.54, 1.807) is 6.07 Å². The zero-order chi connectivity index (χ0) is 20.1. The summed E-state index contributed by atoms with van der Waals surface area (Å²) in [5.41, 5.74) is 5.54. The Kier molecular flexibility index (Phi) is 6.34. The Bertz CT molecular complexity index is 855. The Morgan fingerprint density at radius 2 is 1.68 bits per heavy atom. The summed E-state index contributed by atoms with van der Waals surface area (Å²) in [6.45, 7) is 9.72. The van der Waals surface area contributed by atoms with Crippen LogP contribution in [0.15, 0.2) is 42.5 Å². The van der Waals surface area contributed by atoms with Crippen molar-refractivity contribution in [1.82, 2.24) is 10.2 Å².